The van der Waals surface area contributed by atoms with Crippen molar-refractivity contribution in [2.24, 2.45) is 11.7 Å². The van der Waals surface area contributed by atoms with E-state index in [0.717, 1.165) is 16.5 Å². The van der Waals surface area contributed by atoms with Crippen LogP contribution >= 0.6 is 0 Å². The molecular formula is C17H21N3O3. The first-order valence-corrected chi connectivity index (χ1v) is 7.52. The summed E-state index contributed by atoms with van der Waals surface area (Å²) in [5, 5.41) is 3.74. The maximum absolute atomic E-state index is 12.1. The summed E-state index contributed by atoms with van der Waals surface area (Å²) in [6.07, 6.45) is 2.21. The number of ketones is 1. The molecular weight excluding hydrogens is 294 g/mol. The van der Waals surface area contributed by atoms with Crippen LogP contribution in [0.5, 0.6) is 0 Å². The Balaban J connectivity index is 2.11. The molecule has 6 nitrogen and oxygen atoms in total. The van der Waals surface area contributed by atoms with Crippen molar-refractivity contribution < 1.29 is 14.4 Å². The molecule has 23 heavy (non-hydrogen) atoms. The molecule has 0 aliphatic rings. The lowest BCUT2D eigenvalue weighted by Gasteiger charge is -2.18. The second kappa shape index (κ2) is 7.09. The second-order valence-corrected chi connectivity index (χ2v) is 5.81. The average molecular weight is 315 g/mol. The fraction of sp³-hybridized carbons (Fsp3) is 0.353. The van der Waals surface area contributed by atoms with E-state index in [1.807, 2.05) is 30.5 Å². The van der Waals surface area contributed by atoms with Gasteiger partial charge in [-0.2, -0.15) is 0 Å². The smallest absolute Gasteiger partial charge is 0.223 e. The number of fused-ring (bicyclic) bond motifs is 1. The quantitative estimate of drug-likeness (QED) is 0.717. The highest BCUT2D eigenvalue weighted by Gasteiger charge is 2.23. The number of para-hydroxylation sites is 1. The maximum atomic E-state index is 12.1. The van der Waals surface area contributed by atoms with Gasteiger partial charge in [0.25, 0.3) is 0 Å². The standard InChI is InChI=1S/C17H21N3O3/c1-10(7-16(18)22)17(23)20-15(11(2)21)8-12-9-19-14-6-4-3-5-13(12)14/h3-6,9-10,15,19H,7-8H2,1-2H3,(H2,18,22)(H,20,23)/t10-,15-/m0/s1. The molecule has 0 bridgehead atoms. The van der Waals surface area contributed by atoms with Crippen LogP contribution in [-0.4, -0.2) is 28.6 Å². The Morgan fingerprint density at radius 1 is 1.26 bits per heavy atom. The molecule has 2 aromatic rings. The normalized spacial score (nSPS) is 13.5. The number of amides is 2. The Labute approximate surface area is 134 Å². The maximum Gasteiger partial charge on any atom is 0.223 e. The number of Topliss-reactive ketones (excluding diaryl/α,β-unsaturated/α-hetero) is 1. The van der Waals surface area contributed by atoms with Crippen LogP contribution in [0.2, 0.25) is 0 Å². The minimum absolute atomic E-state index is 0.0382. The monoisotopic (exact) mass is 315 g/mol. The Morgan fingerprint density at radius 2 is 1.96 bits per heavy atom. The van der Waals surface area contributed by atoms with Crippen LogP contribution in [0.3, 0.4) is 0 Å². The largest absolute Gasteiger partial charge is 0.370 e. The van der Waals surface area contributed by atoms with Crippen LogP contribution in [-0.2, 0) is 20.8 Å². The third-order valence-electron chi connectivity index (χ3n) is 3.86. The van der Waals surface area contributed by atoms with E-state index in [0.29, 0.717) is 6.42 Å². The van der Waals surface area contributed by atoms with Crippen LogP contribution in [0.15, 0.2) is 30.5 Å². The molecule has 0 spiro atoms. The van der Waals surface area contributed by atoms with Gasteiger partial charge in [-0.25, -0.2) is 0 Å². The van der Waals surface area contributed by atoms with Crippen molar-refractivity contribution in [1.82, 2.24) is 10.3 Å². The van der Waals surface area contributed by atoms with Crippen molar-refractivity contribution in [3.63, 3.8) is 0 Å². The zero-order chi connectivity index (χ0) is 17.0. The Kier molecular flexibility index (Phi) is 5.16. The average Bonchev–Trinajstić information content (AvgIpc) is 2.89. The first kappa shape index (κ1) is 16.7. The summed E-state index contributed by atoms with van der Waals surface area (Å²) in [7, 11) is 0. The molecule has 2 atom stereocenters. The van der Waals surface area contributed by atoms with Gasteiger partial charge in [-0.3, -0.25) is 14.4 Å². The fourth-order valence-corrected chi connectivity index (χ4v) is 2.53. The molecule has 0 fully saturated rings. The van der Waals surface area contributed by atoms with E-state index in [1.165, 1.54) is 6.92 Å². The van der Waals surface area contributed by atoms with Gasteiger partial charge >= 0.3 is 0 Å². The highest BCUT2D eigenvalue weighted by Crippen LogP contribution is 2.19. The summed E-state index contributed by atoms with van der Waals surface area (Å²) in [5.74, 6) is -1.57. The first-order valence-electron chi connectivity index (χ1n) is 7.52. The van der Waals surface area contributed by atoms with Crippen molar-refractivity contribution in [3.8, 4) is 0 Å². The number of carbonyl (C=O) groups excluding carboxylic acids is 3. The van der Waals surface area contributed by atoms with Gasteiger partial charge in [-0.05, 0) is 18.6 Å². The van der Waals surface area contributed by atoms with Crippen LogP contribution < -0.4 is 11.1 Å². The highest BCUT2D eigenvalue weighted by atomic mass is 16.2. The van der Waals surface area contributed by atoms with Crippen molar-refractivity contribution in [2.45, 2.75) is 32.7 Å². The topological polar surface area (TPSA) is 105 Å². The van der Waals surface area contributed by atoms with Gasteiger partial charge in [0.1, 0.15) is 0 Å². The van der Waals surface area contributed by atoms with E-state index in [9.17, 15) is 14.4 Å². The predicted octanol–water partition coefficient (Wildman–Crippen LogP) is 1.30. The number of aromatic amines is 1. The lowest BCUT2D eigenvalue weighted by atomic mass is 10.0. The number of aromatic nitrogens is 1. The number of hydrogen-bond donors (Lipinski definition) is 3. The molecule has 122 valence electrons. The second-order valence-electron chi connectivity index (χ2n) is 5.81. The summed E-state index contributed by atoms with van der Waals surface area (Å²) < 4.78 is 0. The van der Waals surface area contributed by atoms with Crippen molar-refractivity contribution >= 4 is 28.5 Å². The molecule has 0 radical (unpaired) electrons. The number of rotatable bonds is 7. The minimum Gasteiger partial charge on any atom is -0.370 e. The number of primary amides is 1. The summed E-state index contributed by atoms with van der Waals surface area (Å²) in [4.78, 5) is 38.0. The van der Waals surface area contributed by atoms with Crippen LogP contribution in [0.25, 0.3) is 10.9 Å². The lowest BCUT2D eigenvalue weighted by molar-refractivity contribution is -0.131. The lowest BCUT2D eigenvalue weighted by Crippen LogP contribution is -2.44. The van der Waals surface area contributed by atoms with E-state index in [4.69, 9.17) is 5.73 Å². The van der Waals surface area contributed by atoms with Gasteiger partial charge in [0.15, 0.2) is 5.78 Å². The zero-order valence-electron chi connectivity index (χ0n) is 13.3. The molecule has 2 rings (SSSR count). The number of carbonyl (C=O) groups is 3. The van der Waals surface area contributed by atoms with Crippen LogP contribution in [0.4, 0.5) is 0 Å². The van der Waals surface area contributed by atoms with Crippen molar-refractivity contribution in [1.29, 1.82) is 0 Å². The van der Waals surface area contributed by atoms with Gasteiger partial charge in [-0.15, -0.1) is 0 Å². The SMILES string of the molecule is CC(=O)[C@H](Cc1c[nH]c2ccccc12)NC(=O)[C@@H](C)CC(N)=O. The number of hydrogen-bond acceptors (Lipinski definition) is 3. The number of nitrogens with one attached hydrogen (secondary N) is 2. The molecule has 1 heterocycles. The molecule has 4 N–H and O–H groups in total. The molecule has 6 heteroatoms. The molecule has 1 aromatic carbocycles. The van der Waals surface area contributed by atoms with Gasteiger partial charge in [0.2, 0.25) is 11.8 Å². The summed E-state index contributed by atoms with van der Waals surface area (Å²) in [6.45, 7) is 3.06. The van der Waals surface area contributed by atoms with Crippen LogP contribution in [0, 0.1) is 5.92 Å². The van der Waals surface area contributed by atoms with Gasteiger partial charge in [0.05, 0.1) is 6.04 Å². The number of benzene rings is 1. The van der Waals surface area contributed by atoms with E-state index in [-0.39, 0.29) is 18.1 Å². The third-order valence-corrected chi connectivity index (χ3v) is 3.86. The molecule has 1 aromatic heterocycles. The first-order chi connectivity index (χ1) is 10.9. The predicted molar refractivity (Wildman–Crippen MR) is 87.6 cm³/mol. The Morgan fingerprint density at radius 3 is 2.61 bits per heavy atom. The molecule has 0 saturated carbocycles. The number of nitrogens with two attached hydrogens (primary N) is 1. The van der Waals surface area contributed by atoms with Gasteiger partial charge in [0, 0.05) is 35.9 Å². The third kappa shape index (κ3) is 4.18. The highest BCUT2D eigenvalue weighted by molar-refractivity contribution is 5.91. The zero-order valence-corrected chi connectivity index (χ0v) is 13.3. The molecule has 0 saturated heterocycles. The molecule has 0 unspecified atom stereocenters. The Hall–Kier alpha value is -2.63. The number of H-pyrrole nitrogens is 1. The summed E-state index contributed by atoms with van der Waals surface area (Å²) in [5.41, 5.74) is 7.05. The molecule has 0 aliphatic heterocycles. The van der Waals surface area contributed by atoms with E-state index < -0.39 is 17.9 Å². The van der Waals surface area contributed by atoms with Crippen molar-refractivity contribution in [3.05, 3.63) is 36.0 Å². The van der Waals surface area contributed by atoms with Crippen molar-refractivity contribution in [2.75, 3.05) is 0 Å². The molecule has 0 aliphatic carbocycles. The minimum atomic E-state index is -0.628. The van der Waals surface area contributed by atoms with E-state index in [2.05, 4.69) is 10.3 Å². The van der Waals surface area contributed by atoms with Crippen LogP contribution in [0.1, 0.15) is 25.8 Å². The molecule has 2 amide bonds. The van der Waals surface area contributed by atoms with Gasteiger partial charge < -0.3 is 16.0 Å². The fourth-order valence-electron chi connectivity index (χ4n) is 2.53. The van der Waals surface area contributed by atoms with E-state index >= 15 is 0 Å². The summed E-state index contributed by atoms with van der Waals surface area (Å²) in [6, 6.07) is 7.15. The Bertz CT molecular complexity index is 736. The van der Waals surface area contributed by atoms with E-state index in [1.54, 1.807) is 6.92 Å². The summed E-state index contributed by atoms with van der Waals surface area (Å²) >= 11 is 0. The van der Waals surface area contributed by atoms with Gasteiger partial charge in [-0.1, -0.05) is 25.1 Å².